The van der Waals surface area contributed by atoms with E-state index in [0.29, 0.717) is 11.5 Å². The summed E-state index contributed by atoms with van der Waals surface area (Å²) in [5.74, 6) is 1.38. The van der Waals surface area contributed by atoms with Crippen molar-refractivity contribution in [1.82, 2.24) is 0 Å². The van der Waals surface area contributed by atoms with Crippen LogP contribution in [-0.2, 0) is 37.0 Å². The highest BCUT2D eigenvalue weighted by Crippen LogP contribution is 2.60. The van der Waals surface area contributed by atoms with Gasteiger partial charge in [0.1, 0.15) is 28.3 Å². The predicted molar refractivity (Wildman–Crippen MR) is 165 cm³/mol. The standard InChI is InChI=1S/C21H20Cl2O3.C8H10NO5PS/c1-21(2)17(12-18(22)23)19(21)20(24)25-13-14-7-6-10-16(11-14)26-15-8-4-3-5-9-15;1-12-15(16,13-2)14-8-5-3-7(4-6-8)9(10)11/h3-12,17,19H,13H2,1-2H3;3-6H,1-2H3. The molecule has 2 unspecified atom stereocenters. The zero-order valence-corrected chi connectivity index (χ0v) is 26.5. The van der Waals surface area contributed by atoms with Crippen molar-refractivity contribution < 1.29 is 32.8 Å². The van der Waals surface area contributed by atoms with Gasteiger partial charge >= 0.3 is 12.7 Å². The van der Waals surface area contributed by atoms with Gasteiger partial charge in [-0.2, -0.15) is 0 Å². The Kier molecular flexibility index (Phi) is 11.9. The number of benzene rings is 3. The molecule has 1 aliphatic carbocycles. The third-order valence-corrected chi connectivity index (χ3v) is 9.14. The molecule has 1 saturated carbocycles. The molecule has 0 amide bonds. The number of esters is 1. The number of nitrogens with zero attached hydrogens (tertiary/aromatic N) is 1. The van der Waals surface area contributed by atoms with Crippen LogP contribution in [0.25, 0.3) is 0 Å². The molecule has 42 heavy (non-hydrogen) atoms. The Morgan fingerprint density at radius 2 is 1.60 bits per heavy atom. The molecule has 0 radical (unpaired) electrons. The quantitative estimate of drug-likeness (QED) is 0.0870. The van der Waals surface area contributed by atoms with Crippen molar-refractivity contribution in [3.05, 3.63) is 105 Å². The third-order valence-electron chi connectivity index (χ3n) is 6.44. The van der Waals surface area contributed by atoms with E-state index in [1.54, 1.807) is 6.08 Å². The van der Waals surface area contributed by atoms with Crippen molar-refractivity contribution in [2.24, 2.45) is 17.3 Å². The van der Waals surface area contributed by atoms with Crippen molar-refractivity contribution in [3.63, 3.8) is 0 Å². The van der Waals surface area contributed by atoms with Crippen LogP contribution in [0.15, 0.2) is 89.4 Å². The topological polar surface area (TPSA) is 106 Å². The number of nitro benzene ring substituents is 1. The lowest BCUT2D eigenvalue weighted by Gasteiger charge is -2.17. The molecular formula is C29H30Cl2NO8PS. The molecule has 0 aromatic heterocycles. The second kappa shape index (κ2) is 15.0. The number of allylic oxidation sites excluding steroid dienone is 1. The molecule has 2 atom stereocenters. The Morgan fingerprint density at radius 1 is 0.976 bits per heavy atom. The van der Waals surface area contributed by atoms with Gasteiger partial charge < -0.3 is 23.0 Å². The molecule has 4 rings (SSSR count). The van der Waals surface area contributed by atoms with E-state index in [0.717, 1.165) is 11.3 Å². The van der Waals surface area contributed by atoms with Crippen molar-refractivity contribution in [1.29, 1.82) is 0 Å². The van der Waals surface area contributed by atoms with E-state index >= 15 is 0 Å². The summed E-state index contributed by atoms with van der Waals surface area (Å²) in [5, 5.41) is 10.4. The van der Waals surface area contributed by atoms with E-state index < -0.39 is 11.6 Å². The molecule has 0 bridgehead atoms. The second-order valence-corrected chi connectivity index (χ2v) is 13.8. The first kappa shape index (κ1) is 33.5. The smallest absolute Gasteiger partial charge is 0.380 e. The number of hydrogen-bond acceptors (Lipinski definition) is 9. The van der Waals surface area contributed by atoms with Gasteiger partial charge in [0.15, 0.2) is 0 Å². The van der Waals surface area contributed by atoms with Crippen molar-refractivity contribution >= 4 is 53.4 Å². The molecule has 3 aromatic rings. The zero-order chi connectivity index (χ0) is 30.9. The third kappa shape index (κ3) is 9.52. The highest BCUT2D eigenvalue weighted by molar-refractivity contribution is 8.07. The monoisotopic (exact) mass is 653 g/mol. The largest absolute Gasteiger partial charge is 0.461 e. The first-order valence-electron chi connectivity index (χ1n) is 12.6. The summed E-state index contributed by atoms with van der Waals surface area (Å²) in [4.78, 5) is 22.3. The number of ether oxygens (including phenoxy) is 2. The number of hydrogen-bond donors (Lipinski definition) is 0. The molecule has 1 fully saturated rings. The summed E-state index contributed by atoms with van der Waals surface area (Å²) in [5.41, 5.74) is 0.660. The van der Waals surface area contributed by atoms with Crippen LogP contribution in [0, 0.1) is 27.4 Å². The van der Waals surface area contributed by atoms with Gasteiger partial charge in [0.25, 0.3) is 5.69 Å². The van der Waals surface area contributed by atoms with Crippen molar-refractivity contribution in [2.45, 2.75) is 20.5 Å². The highest BCUT2D eigenvalue weighted by Gasteiger charge is 2.61. The lowest BCUT2D eigenvalue weighted by atomic mass is 10.1. The van der Waals surface area contributed by atoms with Crippen LogP contribution in [0.5, 0.6) is 17.2 Å². The molecule has 224 valence electrons. The second-order valence-electron chi connectivity index (χ2n) is 9.61. The van der Waals surface area contributed by atoms with Gasteiger partial charge in [-0.15, -0.1) is 0 Å². The summed E-state index contributed by atoms with van der Waals surface area (Å²) in [6.07, 6.45) is 1.71. The van der Waals surface area contributed by atoms with E-state index in [1.807, 2.05) is 68.4 Å². The van der Waals surface area contributed by atoms with Gasteiger partial charge in [-0.25, -0.2) is 0 Å². The van der Waals surface area contributed by atoms with E-state index in [-0.39, 0.29) is 40.0 Å². The fourth-order valence-electron chi connectivity index (χ4n) is 4.05. The van der Waals surface area contributed by atoms with Gasteiger partial charge in [-0.1, -0.05) is 67.4 Å². The van der Waals surface area contributed by atoms with Gasteiger partial charge in [0, 0.05) is 38.2 Å². The molecular weight excluding hydrogens is 624 g/mol. The van der Waals surface area contributed by atoms with E-state index in [2.05, 4.69) is 0 Å². The summed E-state index contributed by atoms with van der Waals surface area (Å²) in [6.45, 7) is 1.43. The van der Waals surface area contributed by atoms with Gasteiger partial charge in [-0.3, -0.25) is 14.9 Å². The Bertz CT molecular complexity index is 1440. The Hall–Kier alpha value is -2.98. The fraction of sp³-hybridized carbons (Fsp3) is 0.276. The van der Waals surface area contributed by atoms with Crippen LogP contribution in [0.3, 0.4) is 0 Å². The number of carbonyl (C=O) groups is 1. The summed E-state index contributed by atoms with van der Waals surface area (Å²) >= 11 is 16.4. The molecule has 9 nitrogen and oxygen atoms in total. The Balaban J connectivity index is 0.000000260. The minimum atomic E-state index is -2.78. The zero-order valence-electron chi connectivity index (χ0n) is 23.3. The molecule has 0 N–H and O–H groups in total. The highest BCUT2D eigenvalue weighted by atomic mass is 35.5. The molecule has 1 aliphatic rings. The first-order valence-corrected chi connectivity index (χ1v) is 15.9. The van der Waals surface area contributed by atoms with E-state index in [4.69, 9.17) is 58.1 Å². The number of nitro groups is 1. The molecule has 0 spiro atoms. The van der Waals surface area contributed by atoms with Crippen molar-refractivity contribution in [3.8, 4) is 17.2 Å². The maximum Gasteiger partial charge on any atom is 0.380 e. The summed E-state index contributed by atoms with van der Waals surface area (Å²) in [7, 11) is 2.77. The van der Waals surface area contributed by atoms with Crippen LogP contribution < -0.4 is 9.26 Å². The fourth-order valence-corrected chi connectivity index (χ4v) is 5.26. The normalized spacial score (nSPS) is 16.7. The van der Waals surface area contributed by atoms with Crippen LogP contribution in [0.4, 0.5) is 5.69 Å². The molecule has 0 saturated heterocycles. The summed E-state index contributed by atoms with van der Waals surface area (Å²) in [6, 6.07) is 22.6. The average molecular weight is 655 g/mol. The predicted octanol–water partition coefficient (Wildman–Crippen LogP) is 8.60. The van der Waals surface area contributed by atoms with Crippen molar-refractivity contribution in [2.75, 3.05) is 14.2 Å². The lowest BCUT2D eigenvalue weighted by molar-refractivity contribution is -0.384. The number of non-ortho nitro benzene ring substituents is 1. The van der Waals surface area contributed by atoms with Gasteiger partial charge in [0.05, 0.1) is 10.8 Å². The molecule has 0 heterocycles. The van der Waals surface area contributed by atoms with Gasteiger partial charge in [-0.05, 0) is 59.4 Å². The first-order chi connectivity index (χ1) is 19.9. The lowest BCUT2D eigenvalue weighted by Crippen LogP contribution is -2.10. The SMILES string of the molecule is CC1(C)C(C=C(Cl)Cl)C1C(=O)OCc1cccc(Oc2ccccc2)c1.COP(=S)(OC)Oc1ccc([N+](=O)[O-])cc1. The van der Waals surface area contributed by atoms with Crippen LogP contribution >= 0.6 is 29.9 Å². The van der Waals surface area contributed by atoms with Gasteiger partial charge in [0.2, 0.25) is 0 Å². The number of para-hydroxylation sites is 1. The van der Waals surface area contributed by atoms with Crippen LogP contribution in [0.2, 0.25) is 0 Å². The number of carbonyl (C=O) groups excluding carboxylic acids is 1. The minimum Gasteiger partial charge on any atom is -0.461 e. The maximum atomic E-state index is 12.4. The Labute approximate surface area is 259 Å². The molecule has 13 heteroatoms. The minimum absolute atomic E-state index is 0.00717. The molecule has 0 aliphatic heterocycles. The average Bonchev–Trinajstić information content (AvgIpc) is 3.51. The maximum absolute atomic E-state index is 12.4. The Morgan fingerprint density at radius 3 is 2.17 bits per heavy atom. The number of halogens is 2. The van der Waals surface area contributed by atoms with Crippen LogP contribution in [0.1, 0.15) is 19.4 Å². The van der Waals surface area contributed by atoms with E-state index in [9.17, 15) is 14.9 Å². The summed E-state index contributed by atoms with van der Waals surface area (Å²) < 4.78 is 26.6. The molecule has 3 aromatic carbocycles. The van der Waals surface area contributed by atoms with E-state index in [1.165, 1.54) is 38.5 Å². The number of rotatable bonds is 11. The van der Waals surface area contributed by atoms with Crippen LogP contribution in [-0.4, -0.2) is 25.1 Å².